The third kappa shape index (κ3) is 6.16. The highest BCUT2D eigenvalue weighted by Gasteiger charge is 2.31. The van der Waals surface area contributed by atoms with E-state index in [1.165, 1.54) is 84.3 Å². The largest absolute Gasteiger partial charge is 0.492 e. The lowest BCUT2D eigenvalue weighted by Gasteiger charge is -2.44. The first-order chi connectivity index (χ1) is 21.7. The minimum absolute atomic E-state index is 0.759. The third-order valence-electron chi connectivity index (χ3n) is 10.3. The zero-order valence-corrected chi connectivity index (χ0v) is 27.6. The standard InChI is InChI=1S/C24H20B.C17H25OP/c1-5-13-21(14-6-1)25(22-15-7-2-8-16-22,23-17-9-3-10-18-23)24-19-11-4-12-20-24;1-18-17-15(19)11-10-14(12-6-2-3-7-12)16(17)13-8-4-5-9-13/h1-20H;10-13H,2-9,19H2,1H3/q-1;/p+1. The van der Waals surface area contributed by atoms with Crippen LogP contribution in [0.2, 0.25) is 0 Å². The van der Waals surface area contributed by atoms with Gasteiger partial charge in [-0.2, -0.15) is 21.9 Å². The average Bonchev–Trinajstić information content (AvgIpc) is 3.83. The van der Waals surface area contributed by atoms with Crippen LogP contribution in [0.15, 0.2) is 133 Å². The maximum atomic E-state index is 5.80. The van der Waals surface area contributed by atoms with Crippen LogP contribution in [0.25, 0.3) is 0 Å². The lowest BCUT2D eigenvalue weighted by molar-refractivity contribution is 0.407. The summed E-state index contributed by atoms with van der Waals surface area (Å²) in [7, 11) is 3.82. The van der Waals surface area contributed by atoms with E-state index in [9.17, 15) is 0 Å². The molecule has 1 nitrogen and oxygen atoms in total. The van der Waals surface area contributed by atoms with Gasteiger partial charge in [0.25, 0.3) is 0 Å². The Morgan fingerprint density at radius 1 is 0.500 bits per heavy atom. The lowest BCUT2D eigenvalue weighted by Crippen LogP contribution is -2.74. The normalized spacial score (nSPS) is 15.6. The third-order valence-corrected chi connectivity index (χ3v) is 10.8. The molecule has 5 aromatic carbocycles. The summed E-state index contributed by atoms with van der Waals surface area (Å²) >= 11 is 0. The second kappa shape index (κ2) is 14.5. The van der Waals surface area contributed by atoms with Crippen molar-refractivity contribution in [2.75, 3.05) is 7.11 Å². The molecule has 0 N–H and O–H groups in total. The van der Waals surface area contributed by atoms with Gasteiger partial charge in [-0.25, -0.2) is 0 Å². The Morgan fingerprint density at radius 3 is 1.23 bits per heavy atom. The highest BCUT2D eigenvalue weighted by atomic mass is 31.0. The molecular weight excluding hydrogens is 550 g/mol. The SMILES string of the molecule is COc1c([PH3+])ccc(C2CCCC2)c1C1CCCC1.c1ccc([B-](c2ccccc2)(c2ccccc2)c2ccccc2)cc1. The van der Waals surface area contributed by atoms with Crippen molar-refractivity contribution in [2.45, 2.75) is 63.2 Å². The maximum Gasteiger partial charge on any atom is 0.164 e. The van der Waals surface area contributed by atoms with Crippen LogP contribution in [0.4, 0.5) is 0 Å². The summed E-state index contributed by atoms with van der Waals surface area (Å²) in [5, 5.41) is 1.34. The number of hydrogen-bond acceptors (Lipinski definition) is 1. The second-order valence-corrected chi connectivity index (χ2v) is 13.5. The van der Waals surface area contributed by atoms with Crippen LogP contribution < -0.4 is 31.9 Å². The fourth-order valence-corrected chi connectivity index (χ4v) is 8.70. The first-order valence-corrected chi connectivity index (χ1v) is 17.3. The second-order valence-electron chi connectivity index (χ2n) is 12.7. The molecular formula is C41H46BOP. The number of benzene rings is 5. The molecule has 44 heavy (non-hydrogen) atoms. The fraction of sp³-hybridized carbons (Fsp3) is 0.268. The van der Waals surface area contributed by atoms with Crippen molar-refractivity contribution >= 4 is 42.5 Å². The molecule has 224 valence electrons. The molecule has 1 atom stereocenters. The summed E-state index contributed by atoms with van der Waals surface area (Å²) in [4.78, 5) is 0. The van der Waals surface area contributed by atoms with Gasteiger partial charge in [0, 0.05) is 14.8 Å². The highest BCUT2D eigenvalue weighted by molar-refractivity contribution is 7.27. The lowest BCUT2D eigenvalue weighted by atomic mass is 9.13. The molecule has 0 amide bonds. The van der Waals surface area contributed by atoms with Gasteiger partial charge in [-0.1, -0.05) is 153 Å². The molecule has 0 saturated heterocycles. The van der Waals surface area contributed by atoms with Crippen molar-refractivity contribution < 1.29 is 4.74 Å². The van der Waals surface area contributed by atoms with E-state index in [0.717, 1.165) is 11.8 Å². The van der Waals surface area contributed by atoms with Crippen molar-refractivity contribution in [3.8, 4) is 5.75 Å². The van der Waals surface area contributed by atoms with Gasteiger partial charge in [0.15, 0.2) is 5.75 Å². The number of methoxy groups -OCH3 is 1. The molecule has 0 aliphatic heterocycles. The van der Waals surface area contributed by atoms with Gasteiger partial charge in [-0.3, -0.25) is 0 Å². The fourth-order valence-electron chi connectivity index (χ4n) is 8.25. The molecule has 0 bridgehead atoms. The molecule has 2 aliphatic carbocycles. The minimum Gasteiger partial charge on any atom is -0.492 e. The first-order valence-electron chi connectivity index (χ1n) is 16.6. The molecule has 3 heteroatoms. The highest BCUT2D eigenvalue weighted by Crippen LogP contribution is 2.45. The molecule has 5 aromatic rings. The van der Waals surface area contributed by atoms with Gasteiger partial charge in [0.2, 0.25) is 0 Å². The Labute approximate surface area is 267 Å². The predicted molar refractivity (Wildman–Crippen MR) is 196 cm³/mol. The van der Waals surface area contributed by atoms with Crippen molar-refractivity contribution in [3.05, 3.63) is 145 Å². The molecule has 0 heterocycles. The van der Waals surface area contributed by atoms with Crippen molar-refractivity contribution in [1.29, 1.82) is 0 Å². The van der Waals surface area contributed by atoms with E-state index in [-0.39, 0.29) is 0 Å². The molecule has 0 spiro atoms. The van der Waals surface area contributed by atoms with Crippen molar-refractivity contribution in [2.24, 2.45) is 0 Å². The summed E-state index contributed by atoms with van der Waals surface area (Å²) in [6.07, 6.45) is 9.89. The molecule has 1 unspecified atom stereocenters. The molecule has 7 rings (SSSR count). The Morgan fingerprint density at radius 2 is 0.864 bits per heavy atom. The zero-order valence-electron chi connectivity index (χ0n) is 26.2. The van der Waals surface area contributed by atoms with Crippen LogP contribution in [0.3, 0.4) is 0 Å². The summed E-state index contributed by atoms with van der Waals surface area (Å²) in [5.74, 6) is 2.76. The average molecular weight is 597 g/mol. The van der Waals surface area contributed by atoms with Gasteiger partial charge in [0.1, 0.15) is 11.5 Å². The first kappa shape index (κ1) is 30.4. The Hall–Kier alpha value is -3.61. The summed E-state index contributed by atoms with van der Waals surface area (Å²) in [6, 6.07) is 48.2. The van der Waals surface area contributed by atoms with E-state index in [4.69, 9.17) is 4.74 Å². The summed E-state index contributed by atoms with van der Waals surface area (Å²) < 4.78 is 5.80. The van der Waals surface area contributed by atoms with Crippen LogP contribution in [-0.4, -0.2) is 13.3 Å². The topological polar surface area (TPSA) is 9.23 Å². The maximum absolute atomic E-state index is 5.80. The van der Waals surface area contributed by atoms with E-state index in [1.54, 1.807) is 11.1 Å². The Balaban J connectivity index is 0.000000162. The van der Waals surface area contributed by atoms with E-state index >= 15 is 0 Å². The van der Waals surface area contributed by atoms with Gasteiger partial charge in [0.05, 0.1) is 7.11 Å². The smallest absolute Gasteiger partial charge is 0.164 e. The monoisotopic (exact) mass is 596 g/mol. The summed E-state index contributed by atoms with van der Waals surface area (Å²) in [6.45, 7) is 0. The summed E-state index contributed by atoms with van der Waals surface area (Å²) in [5.41, 5.74) is 8.56. The predicted octanol–water partition coefficient (Wildman–Crippen LogP) is 7.31. The van der Waals surface area contributed by atoms with Crippen LogP contribution in [0.5, 0.6) is 5.75 Å². The van der Waals surface area contributed by atoms with Gasteiger partial charge < -0.3 is 4.74 Å². The van der Waals surface area contributed by atoms with Gasteiger partial charge in [-0.05, 0) is 49.1 Å². The van der Waals surface area contributed by atoms with Gasteiger partial charge in [-0.15, -0.1) is 0 Å². The molecule has 0 radical (unpaired) electrons. The number of hydrogen-bond donors (Lipinski definition) is 0. The Bertz CT molecular complexity index is 1430. The molecule has 2 fully saturated rings. The molecule has 2 saturated carbocycles. The zero-order chi connectivity index (χ0) is 30.2. The van der Waals surface area contributed by atoms with E-state index in [1.807, 2.05) is 16.3 Å². The van der Waals surface area contributed by atoms with E-state index in [2.05, 4.69) is 133 Å². The van der Waals surface area contributed by atoms with Crippen LogP contribution in [0, 0.1) is 0 Å². The van der Waals surface area contributed by atoms with E-state index < -0.39 is 6.15 Å². The number of ether oxygens (including phenoxy) is 1. The molecule has 0 aromatic heterocycles. The number of rotatable bonds is 7. The molecule has 2 aliphatic rings. The van der Waals surface area contributed by atoms with Crippen molar-refractivity contribution in [1.82, 2.24) is 0 Å². The van der Waals surface area contributed by atoms with E-state index in [0.29, 0.717) is 0 Å². The van der Waals surface area contributed by atoms with Crippen LogP contribution in [0.1, 0.15) is 74.3 Å². The Kier molecular flexibility index (Phi) is 9.99. The quantitative estimate of drug-likeness (QED) is 0.142. The van der Waals surface area contributed by atoms with Crippen LogP contribution >= 0.6 is 9.24 Å². The minimum atomic E-state index is -1.22. The van der Waals surface area contributed by atoms with Crippen LogP contribution in [-0.2, 0) is 0 Å². The van der Waals surface area contributed by atoms with Crippen molar-refractivity contribution in [3.63, 3.8) is 0 Å². The van der Waals surface area contributed by atoms with Gasteiger partial charge >= 0.3 is 0 Å².